The minimum absolute atomic E-state index is 0.125. The van der Waals surface area contributed by atoms with E-state index in [2.05, 4.69) is 5.32 Å². The van der Waals surface area contributed by atoms with Crippen LogP contribution in [-0.2, 0) is 14.3 Å². The Morgan fingerprint density at radius 2 is 2.00 bits per heavy atom. The first-order chi connectivity index (χ1) is 14.4. The van der Waals surface area contributed by atoms with E-state index < -0.39 is 18.0 Å². The SMILES string of the molecule is CC(=O)NC[C@H]1CN(c2ccc(N3CCN4CCCC(=O)N4CC3)c(F)c2)C(=O)O1. The van der Waals surface area contributed by atoms with E-state index in [1.54, 1.807) is 17.1 Å². The molecule has 1 aromatic carbocycles. The number of hydrogen-bond donors (Lipinski definition) is 1. The number of carbonyl (C=O) groups excluding carboxylic acids is 3. The highest BCUT2D eigenvalue weighted by Gasteiger charge is 2.33. The number of rotatable bonds is 4. The Kier molecular flexibility index (Phi) is 5.76. The summed E-state index contributed by atoms with van der Waals surface area (Å²) in [4.78, 5) is 38.7. The number of cyclic esters (lactones) is 1. The Morgan fingerprint density at radius 3 is 2.77 bits per heavy atom. The predicted molar refractivity (Wildman–Crippen MR) is 107 cm³/mol. The first kappa shape index (κ1) is 20.4. The summed E-state index contributed by atoms with van der Waals surface area (Å²) in [5, 5.41) is 6.45. The van der Waals surface area contributed by atoms with Crippen LogP contribution in [0.2, 0.25) is 0 Å². The van der Waals surface area contributed by atoms with Gasteiger partial charge in [0.15, 0.2) is 0 Å². The molecular formula is C20H26FN5O4. The first-order valence-electron chi connectivity index (χ1n) is 10.2. The molecule has 3 heterocycles. The fourth-order valence-corrected chi connectivity index (χ4v) is 4.14. The molecule has 1 atom stereocenters. The van der Waals surface area contributed by atoms with Crippen molar-refractivity contribution in [2.75, 3.05) is 55.6 Å². The van der Waals surface area contributed by atoms with Crippen molar-refractivity contribution in [1.82, 2.24) is 15.3 Å². The second-order valence-electron chi connectivity index (χ2n) is 7.75. The second kappa shape index (κ2) is 8.47. The lowest BCUT2D eigenvalue weighted by molar-refractivity contribution is -0.153. The third kappa shape index (κ3) is 4.18. The Labute approximate surface area is 174 Å². The largest absolute Gasteiger partial charge is 0.442 e. The van der Waals surface area contributed by atoms with E-state index in [0.717, 1.165) is 13.0 Å². The Balaban J connectivity index is 1.44. The van der Waals surface area contributed by atoms with Gasteiger partial charge in [-0.25, -0.2) is 14.2 Å². The molecular weight excluding hydrogens is 393 g/mol. The molecule has 0 aliphatic carbocycles. The van der Waals surface area contributed by atoms with Gasteiger partial charge in [-0.2, -0.15) is 0 Å². The number of carbonyl (C=O) groups is 3. The smallest absolute Gasteiger partial charge is 0.414 e. The van der Waals surface area contributed by atoms with Crippen molar-refractivity contribution in [3.63, 3.8) is 0 Å². The molecule has 10 heteroatoms. The molecule has 0 aromatic heterocycles. The molecule has 9 nitrogen and oxygen atoms in total. The molecule has 4 rings (SSSR count). The summed E-state index contributed by atoms with van der Waals surface area (Å²) in [5.74, 6) is -0.501. The third-order valence-corrected chi connectivity index (χ3v) is 5.68. The number of nitrogens with one attached hydrogen (secondary N) is 1. The molecule has 1 N–H and O–H groups in total. The summed E-state index contributed by atoms with van der Waals surface area (Å²) < 4.78 is 20.2. The van der Waals surface area contributed by atoms with E-state index in [0.29, 0.717) is 44.0 Å². The van der Waals surface area contributed by atoms with E-state index in [4.69, 9.17) is 4.74 Å². The molecule has 3 fully saturated rings. The maximum absolute atomic E-state index is 15.0. The monoisotopic (exact) mass is 419 g/mol. The van der Waals surface area contributed by atoms with E-state index in [1.807, 2.05) is 9.91 Å². The molecule has 0 unspecified atom stereocenters. The van der Waals surface area contributed by atoms with Crippen LogP contribution in [0, 0.1) is 5.82 Å². The van der Waals surface area contributed by atoms with Gasteiger partial charge in [0.05, 0.1) is 31.0 Å². The van der Waals surface area contributed by atoms with Gasteiger partial charge in [-0.1, -0.05) is 0 Å². The van der Waals surface area contributed by atoms with E-state index in [1.165, 1.54) is 17.9 Å². The van der Waals surface area contributed by atoms with Crippen LogP contribution in [0.3, 0.4) is 0 Å². The third-order valence-electron chi connectivity index (χ3n) is 5.68. The number of ether oxygens (including phenoxy) is 1. The van der Waals surface area contributed by atoms with Crippen molar-refractivity contribution < 1.29 is 23.5 Å². The van der Waals surface area contributed by atoms with Crippen LogP contribution in [0.15, 0.2) is 18.2 Å². The number of halogens is 1. The summed E-state index contributed by atoms with van der Waals surface area (Å²) in [6.07, 6.45) is 0.385. The molecule has 3 aliphatic heterocycles. The van der Waals surface area contributed by atoms with Gasteiger partial charge >= 0.3 is 6.09 Å². The first-order valence-corrected chi connectivity index (χ1v) is 10.2. The summed E-state index contributed by atoms with van der Waals surface area (Å²) in [6.45, 7) is 5.06. The van der Waals surface area contributed by atoms with Crippen LogP contribution in [0.5, 0.6) is 0 Å². The van der Waals surface area contributed by atoms with Crippen molar-refractivity contribution in [3.8, 4) is 0 Å². The Hall–Kier alpha value is -2.88. The standard InChI is InChI=1S/C20H26FN5O4/c1-14(27)22-12-16-13-25(20(29)30-16)15-4-5-18(17(21)11-15)23-7-9-24-6-2-3-19(28)26(24)10-8-23/h4-5,11,16H,2-3,6-10,12-13H2,1H3,(H,22,27)/t16-/m0/s1. The highest BCUT2D eigenvalue weighted by Crippen LogP contribution is 2.29. The van der Waals surface area contributed by atoms with Crippen LogP contribution < -0.4 is 15.1 Å². The molecule has 3 aliphatic rings. The number of anilines is 2. The number of fused-ring (bicyclic) bond motifs is 1. The number of amides is 3. The minimum Gasteiger partial charge on any atom is -0.442 e. The van der Waals surface area contributed by atoms with Gasteiger partial charge in [-0.15, -0.1) is 0 Å². The van der Waals surface area contributed by atoms with Crippen molar-refractivity contribution in [2.45, 2.75) is 25.9 Å². The van der Waals surface area contributed by atoms with Gasteiger partial charge < -0.3 is 15.0 Å². The van der Waals surface area contributed by atoms with Crippen LogP contribution in [0.4, 0.5) is 20.6 Å². The molecule has 30 heavy (non-hydrogen) atoms. The van der Waals surface area contributed by atoms with Gasteiger partial charge in [0, 0.05) is 39.5 Å². The van der Waals surface area contributed by atoms with Gasteiger partial charge in [0.1, 0.15) is 11.9 Å². The summed E-state index contributed by atoms with van der Waals surface area (Å²) >= 11 is 0. The maximum Gasteiger partial charge on any atom is 0.414 e. The molecule has 162 valence electrons. The fourth-order valence-electron chi connectivity index (χ4n) is 4.14. The van der Waals surface area contributed by atoms with E-state index in [-0.39, 0.29) is 24.9 Å². The van der Waals surface area contributed by atoms with Crippen LogP contribution >= 0.6 is 0 Å². The van der Waals surface area contributed by atoms with E-state index in [9.17, 15) is 18.8 Å². The number of hydrogen-bond acceptors (Lipinski definition) is 6. The molecule has 3 amide bonds. The Morgan fingerprint density at radius 1 is 1.20 bits per heavy atom. The average molecular weight is 419 g/mol. The minimum atomic E-state index is -0.560. The predicted octanol–water partition coefficient (Wildman–Crippen LogP) is 0.946. The highest BCUT2D eigenvalue weighted by atomic mass is 19.1. The second-order valence-corrected chi connectivity index (χ2v) is 7.75. The summed E-state index contributed by atoms with van der Waals surface area (Å²) in [7, 11) is 0. The lowest BCUT2D eigenvalue weighted by Crippen LogP contribution is -2.50. The van der Waals surface area contributed by atoms with Gasteiger partial charge in [0.25, 0.3) is 0 Å². The van der Waals surface area contributed by atoms with E-state index >= 15 is 0 Å². The van der Waals surface area contributed by atoms with Crippen molar-refractivity contribution in [1.29, 1.82) is 0 Å². The molecule has 0 spiro atoms. The van der Waals surface area contributed by atoms with Crippen molar-refractivity contribution in [2.24, 2.45) is 0 Å². The molecule has 0 bridgehead atoms. The number of hydrazine groups is 1. The number of benzene rings is 1. The van der Waals surface area contributed by atoms with Gasteiger partial charge in [-0.3, -0.25) is 19.5 Å². The topological polar surface area (TPSA) is 85.4 Å². The summed E-state index contributed by atoms with van der Waals surface area (Å²) in [6, 6.07) is 4.70. The highest BCUT2D eigenvalue weighted by molar-refractivity contribution is 5.90. The molecule has 1 aromatic rings. The van der Waals surface area contributed by atoms with Crippen LogP contribution in [-0.4, -0.2) is 79.8 Å². The fraction of sp³-hybridized carbons (Fsp3) is 0.550. The Bertz CT molecular complexity index is 850. The maximum atomic E-state index is 15.0. The molecule has 3 saturated heterocycles. The van der Waals surface area contributed by atoms with Crippen molar-refractivity contribution >= 4 is 29.3 Å². The normalized spacial score (nSPS) is 22.6. The number of nitrogens with zero attached hydrogens (tertiary/aromatic N) is 4. The van der Waals surface area contributed by atoms with Gasteiger partial charge in [-0.05, 0) is 24.6 Å². The van der Waals surface area contributed by atoms with Crippen LogP contribution in [0.25, 0.3) is 0 Å². The molecule has 0 saturated carbocycles. The van der Waals surface area contributed by atoms with Crippen molar-refractivity contribution in [3.05, 3.63) is 24.0 Å². The summed E-state index contributed by atoms with van der Waals surface area (Å²) in [5.41, 5.74) is 0.868. The quantitative estimate of drug-likeness (QED) is 0.782. The average Bonchev–Trinajstić information content (AvgIpc) is 2.94. The lowest BCUT2D eigenvalue weighted by Gasteiger charge is -2.36. The molecule has 0 radical (unpaired) electrons. The van der Waals surface area contributed by atoms with Gasteiger partial charge in [0.2, 0.25) is 11.8 Å². The lowest BCUT2D eigenvalue weighted by atomic mass is 10.2. The zero-order chi connectivity index (χ0) is 21.3. The zero-order valence-corrected chi connectivity index (χ0v) is 17.0. The zero-order valence-electron chi connectivity index (χ0n) is 17.0. The van der Waals surface area contributed by atoms with Crippen LogP contribution in [0.1, 0.15) is 19.8 Å².